The van der Waals surface area contributed by atoms with E-state index in [1.807, 2.05) is 31.1 Å². The minimum Gasteiger partial charge on any atom is -0.468 e. The predicted octanol–water partition coefficient (Wildman–Crippen LogP) is 2.25. The lowest BCUT2D eigenvalue weighted by molar-refractivity contribution is 0.287. The summed E-state index contributed by atoms with van der Waals surface area (Å²) < 4.78 is 7.23. The van der Waals surface area contributed by atoms with E-state index >= 15 is 0 Å². The molecule has 1 N–H and O–H groups in total. The number of guanidine groups is 1. The van der Waals surface area contributed by atoms with Gasteiger partial charge >= 0.3 is 0 Å². The molecule has 29 heavy (non-hydrogen) atoms. The van der Waals surface area contributed by atoms with Crippen molar-refractivity contribution in [2.75, 3.05) is 21.1 Å². The number of aromatic nitrogens is 3. The van der Waals surface area contributed by atoms with Gasteiger partial charge in [0, 0.05) is 34.2 Å². The van der Waals surface area contributed by atoms with Gasteiger partial charge in [-0.3, -0.25) is 14.6 Å². The summed E-state index contributed by atoms with van der Waals surface area (Å²) >= 11 is 0. The Balaban J connectivity index is 1.60. The lowest BCUT2D eigenvalue weighted by Crippen LogP contribution is -2.38. The lowest BCUT2D eigenvalue weighted by atomic mass is 10.1. The average molecular weight is 396 g/mol. The average Bonchev–Trinajstić information content (AvgIpc) is 3.35. The standard InChI is InChI=1S/C21H29N7O/c1-22-21(27(3)15-20-24-16-25-28(20)4)23-12-17-8-5-6-9-18(17)13-26(2)14-19-10-7-11-29-19/h5-11,16H,12-15H2,1-4H3,(H,22,23). The number of nitrogens with zero attached hydrogens (tertiary/aromatic N) is 6. The van der Waals surface area contributed by atoms with Gasteiger partial charge < -0.3 is 14.6 Å². The number of aliphatic imine (C=N–C) groups is 1. The summed E-state index contributed by atoms with van der Waals surface area (Å²) in [6.07, 6.45) is 3.28. The lowest BCUT2D eigenvalue weighted by Gasteiger charge is -2.23. The van der Waals surface area contributed by atoms with Crippen LogP contribution in [0, 0.1) is 0 Å². The number of nitrogens with one attached hydrogen (secondary N) is 1. The van der Waals surface area contributed by atoms with Gasteiger partial charge in [-0.15, -0.1) is 0 Å². The van der Waals surface area contributed by atoms with E-state index in [1.165, 1.54) is 11.1 Å². The minimum absolute atomic E-state index is 0.629. The van der Waals surface area contributed by atoms with Crippen molar-refractivity contribution in [3.63, 3.8) is 0 Å². The molecule has 2 aromatic heterocycles. The fourth-order valence-corrected chi connectivity index (χ4v) is 3.21. The molecule has 0 saturated carbocycles. The largest absolute Gasteiger partial charge is 0.468 e. The zero-order chi connectivity index (χ0) is 20.6. The molecule has 154 valence electrons. The summed E-state index contributed by atoms with van der Waals surface area (Å²) in [5.41, 5.74) is 2.52. The molecule has 0 aliphatic heterocycles. The molecule has 3 rings (SSSR count). The molecule has 0 saturated heterocycles. The maximum atomic E-state index is 5.46. The first-order valence-corrected chi connectivity index (χ1v) is 9.59. The van der Waals surface area contributed by atoms with Crippen LogP contribution in [0.2, 0.25) is 0 Å². The van der Waals surface area contributed by atoms with Crippen molar-refractivity contribution in [2.24, 2.45) is 12.0 Å². The van der Waals surface area contributed by atoms with E-state index in [4.69, 9.17) is 4.42 Å². The number of benzene rings is 1. The quantitative estimate of drug-likeness (QED) is 0.466. The van der Waals surface area contributed by atoms with Crippen LogP contribution in [0.25, 0.3) is 0 Å². The molecule has 0 unspecified atom stereocenters. The molecule has 1 aromatic carbocycles. The van der Waals surface area contributed by atoms with Crippen LogP contribution in [-0.2, 0) is 33.2 Å². The van der Waals surface area contributed by atoms with Crippen molar-refractivity contribution in [3.05, 3.63) is 71.7 Å². The fraction of sp³-hybridized carbons (Fsp3) is 0.381. The van der Waals surface area contributed by atoms with Gasteiger partial charge in [-0.05, 0) is 30.3 Å². The molecule has 0 spiro atoms. The van der Waals surface area contributed by atoms with Crippen molar-refractivity contribution >= 4 is 5.96 Å². The van der Waals surface area contributed by atoms with Gasteiger partial charge in [0.2, 0.25) is 0 Å². The van der Waals surface area contributed by atoms with Gasteiger partial charge in [0.1, 0.15) is 17.9 Å². The molecule has 3 aromatic rings. The van der Waals surface area contributed by atoms with E-state index in [9.17, 15) is 0 Å². The first-order valence-electron chi connectivity index (χ1n) is 9.59. The molecule has 8 nitrogen and oxygen atoms in total. The Morgan fingerprint density at radius 1 is 1.10 bits per heavy atom. The number of furan rings is 1. The molecule has 0 fully saturated rings. The Hall–Kier alpha value is -3.13. The van der Waals surface area contributed by atoms with Crippen molar-refractivity contribution in [2.45, 2.75) is 26.2 Å². The molecule has 0 radical (unpaired) electrons. The topological polar surface area (TPSA) is 74.7 Å². The van der Waals surface area contributed by atoms with Crippen LogP contribution in [0.3, 0.4) is 0 Å². The van der Waals surface area contributed by atoms with Crippen LogP contribution in [0.15, 0.2) is 58.4 Å². The second-order valence-electron chi connectivity index (χ2n) is 7.08. The number of aryl methyl sites for hydroxylation is 1. The molecule has 0 amide bonds. The second kappa shape index (κ2) is 9.88. The Kier molecular flexibility index (Phi) is 7.02. The third-order valence-corrected chi connectivity index (χ3v) is 4.76. The van der Waals surface area contributed by atoms with Crippen molar-refractivity contribution < 1.29 is 4.42 Å². The van der Waals surface area contributed by atoms with E-state index in [-0.39, 0.29) is 0 Å². The zero-order valence-electron chi connectivity index (χ0n) is 17.5. The smallest absolute Gasteiger partial charge is 0.194 e. The zero-order valence-corrected chi connectivity index (χ0v) is 17.5. The molecule has 0 atom stereocenters. The molecule has 2 heterocycles. The maximum absolute atomic E-state index is 5.46. The second-order valence-corrected chi connectivity index (χ2v) is 7.08. The van der Waals surface area contributed by atoms with Gasteiger partial charge in [0.15, 0.2) is 5.96 Å². The van der Waals surface area contributed by atoms with E-state index in [0.29, 0.717) is 13.1 Å². The first kappa shape index (κ1) is 20.6. The van der Waals surface area contributed by atoms with Crippen molar-refractivity contribution in [1.29, 1.82) is 0 Å². The fourth-order valence-electron chi connectivity index (χ4n) is 3.21. The van der Waals surface area contributed by atoms with Crippen molar-refractivity contribution in [1.82, 2.24) is 29.9 Å². The summed E-state index contributed by atoms with van der Waals surface area (Å²) in [4.78, 5) is 13.0. The SMILES string of the molecule is CN=C(NCc1ccccc1CN(C)Cc1ccco1)N(C)Cc1ncnn1C. The summed E-state index contributed by atoms with van der Waals surface area (Å²) in [5.74, 6) is 2.66. The van der Waals surface area contributed by atoms with Crippen LogP contribution < -0.4 is 5.32 Å². The number of rotatable bonds is 8. The number of hydrogen-bond acceptors (Lipinski definition) is 5. The summed E-state index contributed by atoms with van der Waals surface area (Å²) in [6, 6.07) is 12.4. The Morgan fingerprint density at radius 3 is 2.55 bits per heavy atom. The van der Waals surface area contributed by atoms with Crippen molar-refractivity contribution in [3.8, 4) is 0 Å². The molecule has 8 heteroatoms. The van der Waals surface area contributed by atoms with E-state index in [0.717, 1.165) is 30.6 Å². The van der Waals surface area contributed by atoms with Gasteiger partial charge in [-0.25, -0.2) is 4.98 Å². The molecular weight excluding hydrogens is 366 g/mol. The van der Waals surface area contributed by atoms with Gasteiger partial charge in [-0.2, -0.15) is 5.10 Å². The molecule has 0 aliphatic carbocycles. The summed E-state index contributed by atoms with van der Waals surface area (Å²) in [5, 5.41) is 7.58. The van der Waals surface area contributed by atoms with Gasteiger partial charge in [0.25, 0.3) is 0 Å². The molecule has 0 aliphatic rings. The first-order chi connectivity index (χ1) is 14.1. The third kappa shape index (κ3) is 5.68. The highest BCUT2D eigenvalue weighted by atomic mass is 16.3. The monoisotopic (exact) mass is 395 g/mol. The Morgan fingerprint density at radius 2 is 1.90 bits per heavy atom. The Bertz CT molecular complexity index is 917. The predicted molar refractivity (Wildman–Crippen MR) is 113 cm³/mol. The van der Waals surface area contributed by atoms with Gasteiger partial charge in [-0.1, -0.05) is 24.3 Å². The normalized spacial score (nSPS) is 11.8. The molecule has 0 bridgehead atoms. The highest BCUT2D eigenvalue weighted by molar-refractivity contribution is 5.79. The Labute approximate surface area is 171 Å². The van der Waals surface area contributed by atoms with Crippen LogP contribution >= 0.6 is 0 Å². The summed E-state index contributed by atoms with van der Waals surface area (Å²) in [7, 11) is 7.77. The van der Waals surface area contributed by atoms with Gasteiger partial charge in [0.05, 0.1) is 19.4 Å². The third-order valence-electron chi connectivity index (χ3n) is 4.76. The number of hydrogen-bond donors (Lipinski definition) is 1. The van der Waals surface area contributed by atoms with E-state index < -0.39 is 0 Å². The maximum Gasteiger partial charge on any atom is 0.194 e. The van der Waals surface area contributed by atoms with Crippen LogP contribution in [0.1, 0.15) is 22.7 Å². The summed E-state index contributed by atoms with van der Waals surface area (Å²) in [6.45, 7) is 2.94. The highest BCUT2D eigenvalue weighted by Gasteiger charge is 2.12. The molecular formula is C21H29N7O. The van der Waals surface area contributed by atoms with Crippen LogP contribution in [0.4, 0.5) is 0 Å². The van der Waals surface area contributed by atoms with Crippen LogP contribution in [-0.4, -0.2) is 51.7 Å². The minimum atomic E-state index is 0.629. The van der Waals surface area contributed by atoms with Crippen LogP contribution in [0.5, 0.6) is 0 Å². The highest BCUT2D eigenvalue weighted by Crippen LogP contribution is 2.13. The van der Waals surface area contributed by atoms with E-state index in [1.54, 1.807) is 24.3 Å². The van der Waals surface area contributed by atoms with E-state index in [2.05, 4.69) is 56.6 Å².